The number of benzene rings is 2. The zero-order valence-electron chi connectivity index (χ0n) is 11.7. The molecular formula is C16H15ClFNO2. The monoisotopic (exact) mass is 307 g/mol. The van der Waals surface area contributed by atoms with Crippen LogP contribution in [-0.4, -0.2) is 12.0 Å². The Hall–Kier alpha value is -2.07. The highest BCUT2D eigenvalue weighted by Gasteiger charge is 2.16. The number of amides is 1. The van der Waals surface area contributed by atoms with Crippen molar-refractivity contribution in [2.24, 2.45) is 0 Å². The summed E-state index contributed by atoms with van der Waals surface area (Å²) in [6.07, 6.45) is -0.756. The van der Waals surface area contributed by atoms with E-state index in [0.717, 1.165) is 11.6 Å². The molecule has 0 saturated heterocycles. The summed E-state index contributed by atoms with van der Waals surface area (Å²) in [4.78, 5) is 12.1. The Morgan fingerprint density at radius 3 is 2.71 bits per heavy atom. The molecule has 5 heteroatoms. The minimum absolute atomic E-state index is 0.130. The second-order valence-electron chi connectivity index (χ2n) is 4.69. The third kappa shape index (κ3) is 4.20. The van der Waals surface area contributed by atoms with Crippen LogP contribution in [0.3, 0.4) is 0 Å². The Morgan fingerprint density at radius 2 is 2.05 bits per heavy atom. The van der Waals surface area contributed by atoms with Gasteiger partial charge in [-0.1, -0.05) is 23.7 Å². The molecule has 0 spiro atoms. The predicted octanol–water partition coefficient (Wildman–Crippen LogP) is 4.19. The Balaban J connectivity index is 2.02. The number of ether oxygens (including phenoxy) is 1. The fraction of sp³-hybridized carbons (Fsp3) is 0.188. The van der Waals surface area contributed by atoms with Gasteiger partial charge in [-0.25, -0.2) is 4.39 Å². The van der Waals surface area contributed by atoms with Gasteiger partial charge in [-0.2, -0.15) is 0 Å². The maximum atomic E-state index is 12.9. The minimum Gasteiger partial charge on any atom is -0.479 e. The molecule has 0 bridgehead atoms. The van der Waals surface area contributed by atoms with Crippen LogP contribution < -0.4 is 10.1 Å². The first-order valence-electron chi connectivity index (χ1n) is 6.45. The topological polar surface area (TPSA) is 38.3 Å². The van der Waals surface area contributed by atoms with Gasteiger partial charge in [-0.15, -0.1) is 0 Å². The quantitative estimate of drug-likeness (QED) is 0.919. The normalized spacial score (nSPS) is 11.8. The first kappa shape index (κ1) is 15.3. The average Bonchev–Trinajstić information content (AvgIpc) is 2.41. The number of carbonyl (C=O) groups excluding carboxylic acids is 1. The molecule has 0 saturated carbocycles. The third-order valence-corrected chi connectivity index (χ3v) is 3.15. The third-order valence-electron chi connectivity index (χ3n) is 2.85. The van der Waals surface area contributed by atoms with Crippen LogP contribution in [0.4, 0.5) is 10.1 Å². The summed E-state index contributed by atoms with van der Waals surface area (Å²) in [5.74, 6) is -0.491. The number of aryl methyl sites for hydroxylation is 1. The fourth-order valence-electron chi connectivity index (χ4n) is 1.78. The van der Waals surface area contributed by atoms with Crippen molar-refractivity contribution in [3.05, 3.63) is 58.9 Å². The van der Waals surface area contributed by atoms with E-state index in [-0.39, 0.29) is 16.7 Å². The van der Waals surface area contributed by atoms with Crippen molar-refractivity contribution in [3.8, 4) is 5.75 Å². The second kappa shape index (κ2) is 6.59. The Bertz CT molecular complexity index is 660. The number of hydrogen-bond acceptors (Lipinski definition) is 2. The molecule has 1 unspecified atom stereocenters. The smallest absolute Gasteiger partial charge is 0.265 e. The molecule has 2 rings (SSSR count). The van der Waals surface area contributed by atoms with Crippen molar-refractivity contribution >= 4 is 23.2 Å². The van der Waals surface area contributed by atoms with Crippen LogP contribution in [0.5, 0.6) is 5.75 Å². The lowest BCUT2D eigenvalue weighted by Crippen LogP contribution is -2.30. The summed E-state index contributed by atoms with van der Waals surface area (Å²) >= 11 is 5.86. The van der Waals surface area contributed by atoms with E-state index in [1.54, 1.807) is 13.0 Å². The van der Waals surface area contributed by atoms with Crippen LogP contribution >= 0.6 is 11.6 Å². The highest BCUT2D eigenvalue weighted by atomic mass is 35.5. The maximum Gasteiger partial charge on any atom is 0.265 e. The van der Waals surface area contributed by atoms with E-state index in [1.807, 2.05) is 25.1 Å². The molecule has 1 amide bonds. The van der Waals surface area contributed by atoms with E-state index in [1.165, 1.54) is 12.1 Å². The fourth-order valence-corrected chi connectivity index (χ4v) is 1.99. The molecule has 21 heavy (non-hydrogen) atoms. The van der Waals surface area contributed by atoms with Crippen LogP contribution in [0.25, 0.3) is 0 Å². The van der Waals surface area contributed by atoms with Gasteiger partial charge in [0.2, 0.25) is 0 Å². The highest BCUT2D eigenvalue weighted by Crippen LogP contribution is 2.26. The van der Waals surface area contributed by atoms with E-state index in [9.17, 15) is 9.18 Å². The number of anilines is 1. The molecule has 2 aromatic rings. The van der Waals surface area contributed by atoms with Gasteiger partial charge < -0.3 is 10.1 Å². The summed E-state index contributed by atoms with van der Waals surface area (Å²) in [5, 5.41) is 2.88. The van der Waals surface area contributed by atoms with E-state index in [0.29, 0.717) is 5.69 Å². The Morgan fingerprint density at radius 1 is 1.29 bits per heavy atom. The lowest BCUT2D eigenvalue weighted by molar-refractivity contribution is -0.122. The highest BCUT2D eigenvalue weighted by molar-refractivity contribution is 6.32. The van der Waals surface area contributed by atoms with Crippen LogP contribution in [0.15, 0.2) is 42.5 Å². The number of nitrogens with one attached hydrogen (secondary N) is 1. The van der Waals surface area contributed by atoms with Crippen molar-refractivity contribution in [2.45, 2.75) is 20.0 Å². The van der Waals surface area contributed by atoms with Gasteiger partial charge in [0.25, 0.3) is 5.91 Å². The van der Waals surface area contributed by atoms with Crippen LogP contribution in [0.1, 0.15) is 12.5 Å². The first-order chi connectivity index (χ1) is 9.95. The summed E-state index contributed by atoms with van der Waals surface area (Å²) < 4.78 is 18.4. The van der Waals surface area contributed by atoms with E-state index >= 15 is 0 Å². The van der Waals surface area contributed by atoms with Gasteiger partial charge >= 0.3 is 0 Å². The summed E-state index contributed by atoms with van der Waals surface area (Å²) in [6, 6.07) is 11.2. The molecular weight excluding hydrogens is 293 g/mol. The molecule has 0 fully saturated rings. The van der Waals surface area contributed by atoms with Gasteiger partial charge in [0.1, 0.15) is 11.6 Å². The predicted molar refractivity (Wildman–Crippen MR) is 81.3 cm³/mol. The van der Waals surface area contributed by atoms with Crippen molar-refractivity contribution in [1.82, 2.24) is 0 Å². The molecule has 110 valence electrons. The lowest BCUT2D eigenvalue weighted by Gasteiger charge is -2.15. The summed E-state index contributed by atoms with van der Waals surface area (Å²) in [6.45, 7) is 3.54. The molecule has 0 heterocycles. The number of halogens is 2. The SMILES string of the molecule is Cc1cccc(NC(=O)C(C)Oc2ccc(F)cc2Cl)c1. The molecule has 0 aliphatic carbocycles. The molecule has 0 radical (unpaired) electrons. The van der Waals surface area contributed by atoms with Crippen LogP contribution in [0.2, 0.25) is 5.02 Å². The number of carbonyl (C=O) groups is 1. The molecule has 1 atom stereocenters. The maximum absolute atomic E-state index is 12.9. The summed E-state index contributed by atoms with van der Waals surface area (Å²) in [5.41, 5.74) is 1.74. The first-order valence-corrected chi connectivity index (χ1v) is 6.83. The van der Waals surface area contributed by atoms with E-state index < -0.39 is 11.9 Å². The lowest BCUT2D eigenvalue weighted by atomic mass is 10.2. The average molecular weight is 308 g/mol. The van der Waals surface area contributed by atoms with Gasteiger partial charge in [-0.3, -0.25) is 4.79 Å². The Labute approximate surface area is 127 Å². The van der Waals surface area contributed by atoms with Gasteiger partial charge in [0.05, 0.1) is 5.02 Å². The van der Waals surface area contributed by atoms with Crippen molar-refractivity contribution < 1.29 is 13.9 Å². The zero-order chi connectivity index (χ0) is 15.4. The van der Waals surface area contributed by atoms with Gasteiger partial charge in [0.15, 0.2) is 6.10 Å². The number of rotatable bonds is 4. The zero-order valence-corrected chi connectivity index (χ0v) is 12.4. The van der Waals surface area contributed by atoms with Crippen molar-refractivity contribution in [2.75, 3.05) is 5.32 Å². The van der Waals surface area contributed by atoms with Crippen LogP contribution in [-0.2, 0) is 4.79 Å². The largest absolute Gasteiger partial charge is 0.479 e. The molecule has 1 N–H and O–H groups in total. The number of hydrogen-bond donors (Lipinski definition) is 1. The van der Waals surface area contributed by atoms with E-state index in [2.05, 4.69) is 5.32 Å². The molecule has 0 aromatic heterocycles. The van der Waals surface area contributed by atoms with Gasteiger partial charge in [0, 0.05) is 5.69 Å². The van der Waals surface area contributed by atoms with Crippen LogP contribution in [0, 0.1) is 12.7 Å². The van der Waals surface area contributed by atoms with Gasteiger partial charge in [-0.05, 0) is 49.7 Å². The molecule has 0 aliphatic rings. The van der Waals surface area contributed by atoms with Crippen molar-refractivity contribution in [1.29, 1.82) is 0 Å². The second-order valence-corrected chi connectivity index (χ2v) is 5.10. The molecule has 3 nitrogen and oxygen atoms in total. The molecule has 0 aliphatic heterocycles. The molecule has 2 aromatic carbocycles. The van der Waals surface area contributed by atoms with E-state index in [4.69, 9.17) is 16.3 Å². The minimum atomic E-state index is -0.756. The summed E-state index contributed by atoms with van der Waals surface area (Å²) in [7, 11) is 0. The standard InChI is InChI=1S/C16H15ClFNO2/c1-10-4-3-5-13(8-10)19-16(20)11(2)21-15-7-6-12(18)9-14(15)17/h3-9,11H,1-2H3,(H,19,20). The Kier molecular flexibility index (Phi) is 4.81. The van der Waals surface area contributed by atoms with Crippen molar-refractivity contribution in [3.63, 3.8) is 0 Å².